The molecule has 0 saturated carbocycles. The molecule has 6 atom stereocenters. The molecule has 2 amide bonds. The molecule has 4 aliphatic heterocycles. The number of carboxylic acid groups (broad SMARTS) is 1. The number of aliphatic imine (C=N–C) groups is 2. The number of carbonyl (C=O) groups is 3. The zero-order valence-electron chi connectivity index (χ0n) is 18.0. The number of hydrogen-bond acceptors (Lipinski definition) is 7. The van der Waals surface area contributed by atoms with Crippen LogP contribution >= 0.6 is 11.8 Å². The van der Waals surface area contributed by atoms with E-state index in [2.05, 4.69) is 15.3 Å². The first-order valence-corrected chi connectivity index (χ1v) is 11.6. The predicted octanol–water partition coefficient (Wildman–Crippen LogP) is -0.821. The van der Waals surface area contributed by atoms with Crippen molar-refractivity contribution in [2.24, 2.45) is 27.6 Å². The number of nitrogens with one attached hydrogen (secondary N) is 1. The van der Waals surface area contributed by atoms with Gasteiger partial charge in [-0.25, -0.2) is 4.79 Å². The maximum absolute atomic E-state index is 12.6. The Morgan fingerprint density at radius 3 is 2.81 bits per heavy atom. The van der Waals surface area contributed by atoms with Crippen LogP contribution in [0.5, 0.6) is 0 Å². The molecule has 4 heterocycles. The van der Waals surface area contributed by atoms with Gasteiger partial charge in [0.1, 0.15) is 5.70 Å². The number of amides is 2. The number of rotatable bonds is 5. The van der Waals surface area contributed by atoms with Gasteiger partial charge in [0, 0.05) is 35.7 Å². The van der Waals surface area contributed by atoms with Gasteiger partial charge in [-0.1, -0.05) is 6.92 Å². The zero-order chi connectivity index (χ0) is 23.2. The highest BCUT2D eigenvalue weighted by Gasteiger charge is 2.60. The molecule has 0 spiro atoms. The molecule has 4 aliphatic rings. The maximum atomic E-state index is 12.6. The fourth-order valence-corrected chi connectivity index (χ4v) is 6.29. The Kier molecular flexibility index (Phi) is 6.28. The predicted molar refractivity (Wildman–Crippen MR) is 119 cm³/mol. The third-order valence-electron chi connectivity index (χ3n) is 6.42. The molecule has 12 heteroatoms. The highest BCUT2D eigenvalue weighted by atomic mass is 32.2. The van der Waals surface area contributed by atoms with E-state index in [1.54, 1.807) is 18.2 Å². The number of β-lactam (4-membered cyclic amide) rings is 1. The minimum Gasteiger partial charge on any atom is -0.477 e. The number of nitrogens with two attached hydrogens (primary N) is 1. The summed E-state index contributed by atoms with van der Waals surface area (Å²) in [5.41, 5.74) is 5.94. The summed E-state index contributed by atoms with van der Waals surface area (Å²) in [6, 6.07) is -0.860. The molecule has 0 aromatic rings. The smallest absolute Gasteiger partial charge is 0.353 e. The molecule has 0 unspecified atom stereocenters. The van der Waals surface area contributed by atoms with Gasteiger partial charge in [0.25, 0.3) is 5.91 Å². The highest BCUT2D eigenvalue weighted by molar-refractivity contribution is 8.03. The van der Waals surface area contributed by atoms with Crippen LogP contribution in [0, 0.1) is 11.8 Å². The maximum Gasteiger partial charge on any atom is 0.353 e. The number of aliphatic hydroxyl groups excluding tert-OH is 1. The van der Waals surface area contributed by atoms with Crippen molar-refractivity contribution in [3.63, 3.8) is 0 Å². The first kappa shape index (κ1) is 22.7. The minimum atomic E-state index is -1.15. The molecule has 2 fully saturated rings. The number of carbonyl (C=O) groups excluding carboxylic acids is 2. The minimum absolute atomic E-state index is 0.00386. The van der Waals surface area contributed by atoms with Crippen molar-refractivity contribution in [2.45, 2.75) is 50.1 Å². The van der Waals surface area contributed by atoms with Gasteiger partial charge in [0.2, 0.25) is 11.9 Å². The summed E-state index contributed by atoms with van der Waals surface area (Å²) in [6.07, 6.45) is 2.06. The first-order valence-electron chi connectivity index (χ1n) is 10.7. The quantitative estimate of drug-likeness (QED) is 0.231. The molecule has 11 nitrogen and oxygen atoms in total. The van der Waals surface area contributed by atoms with Crippen LogP contribution in [-0.2, 0) is 14.4 Å². The third-order valence-corrected chi connectivity index (χ3v) is 7.93. The largest absolute Gasteiger partial charge is 0.477 e. The van der Waals surface area contributed by atoms with E-state index in [4.69, 9.17) is 5.73 Å². The Morgan fingerprint density at radius 2 is 2.19 bits per heavy atom. The van der Waals surface area contributed by atoms with Gasteiger partial charge in [-0.15, -0.1) is 11.8 Å². The number of guanidine groups is 1. The average Bonchev–Trinajstić information content (AvgIpc) is 3.31. The molecule has 0 aromatic heterocycles. The number of fused-ring (bicyclic) bond motifs is 1. The summed E-state index contributed by atoms with van der Waals surface area (Å²) in [4.78, 5) is 48.7. The number of aliphatic hydroxyl groups is 1. The lowest BCUT2D eigenvalue weighted by Crippen LogP contribution is -2.63. The van der Waals surface area contributed by atoms with Gasteiger partial charge in [-0.3, -0.25) is 14.6 Å². The van der Waals surface area contributed by atoms with Crippen LogP contribution in [0.15, 0.2) is 20.6 Å². The molecule has 0 aliphatic carbocycles. The summed E-state index contributed by atoms with van der Waals surface area (Å²) in [6.45, 7) is 5.33. The molecule has 32 heavy (non-hydrogen) atoms. The summed E-state index contributed by atoms with van der Waals surface area (Å²) in [5.74, 6) is -2.56. The monoisotopic (exact) mass is 464 g/mol. The average molecular weight is 465 g/mol. The zero-order valence-corrected chi connectivity index (χ0v) is 18.8. The van der Waals surface area contributed by atoms with E-state index in [-0.39, 0.29) is 40.7 Å². The SMILES string of the molecule is C[C@@H](O)[C@H]1C(=O)N2C(C(=O)O)=C(S[C@@H]3CN[C@H](C(=O)N=C(N)N4C=NCCC4)C3)[C@H](C)[C@H]12. The molecule has 0 bridgehead atoms. The Labute approximate surface area is 189 Å². The first-order chi connectivity index (χ1) is 15.2. The summed E-state index contributed by atoms with van der Waals surface area (Å²) in [7, 11) is 0. The third kappa shape index (κ3) is 3.90. The van der Waals surface area contributed by atoms with Crippen molar-refractivity contribution in [2.75, 3.05) is 19.6 Å². The molecule has 4 rings (SSSR count). The second-order valence-electron chi connectivity index (χ2n) is 8.59. The molecule has 5 N–H and O–H groups in total. The number of carboxylic acids is 1. The van der Waals surface area contributed by atoms with Gasteiger partial charge in [-0.2, -0.15) is 4.99 Å². The van der Waals surface area contributed by atoms with E-state index in [0.717, 1.165) is 13.0 Å². The molecule has 0 radical (unpaired) electrons. The Morgan fingerprint density at radius 1 is 1.44 bits per heavy atom. The van der Waals surface area contributed by atoms with E-state index >= 15 is 0 Å². The highest BCUT2D eigenvalue weighted by Crippen LogP contribution is 2.51. The Hall–Kier alpha value is -2.44. The van der Waals surface area contributed by atoms with E-state index in [9.17, 15) is 24.6 Å². The van der Waals surface area contributed by atoms with Gasteiger partial charge < -0.3 is 31.1 Å². The van der Waals surface area contributed by atoms with Crippen molar-refractivity contribution in [1.82, 2.24) is 15.1 Å². The van der Waals surface area contributed by atoms with Crippen LogP contribution in [0.1, 0.15) is 26.7 Å². The normalized spacial score (nSPS) is 33.4. The lowest BCUT2D eigenvalue weighted by atomic mass is 9.79. The molecule has 0 aromatic carbocycles. The topological polar surface area (TPSA) is 161 Å². The Bertz CT molecular complexity index is 918. The summed E-state index contributed by atoms with van der Waals surface area (Å²) >= 11 is 1.39. The summed E-state index contributed by atoms with van der Waals surface area (Å²) < 4.78 is 0. The van der Waals surface area contributed by atoms with Gasteiger partial charge in [-0.05, 0) is 19.8 Å². The van der Waals surface area contributed by atoms with E-state index < -0.39 is 24.0 Å². The van der Waals surface area contributed by atoms with Gasteiger partial charge in [0.05, 0.1) is 30.4 Å². The molecule has 2 saturated heterocycles. The van der Waals surface area contributed by atoms with Crippen LogP contribution in [0.3, 0.4) is 0 Å². The standard InChI is InChI=1S/C20H28N6O5S/c1-9-14-13(10(2)27)18(29)26(14)15(19(30)31)16(9)32-11-6-12(23-7-11)17(28)24-20(21)25-5-3-4-22-8-25/h8-14,23,27H,3-7H2,1-2H3,(H,30,31)(H2,21,24,28)/t9-,10-,11+,12+,13-,14-/m1/s1. The van der Waals surface area contributed by atoms with E-state index in [1.165, 1.54) is 16.7 Å². The number of aliphatic carboxylic acids is 1. The van der Waals surface area contributed by atoms with Crippen LogP contribution in [-0.4, -0.2) is 93.2 Å². The van der Waals surface area contributed by atoms with Crippen molar-refractivity contribution in [3.8, 4) is 0 Å². The summed E-state index contributed by atoms with van der Waals surface area (Å²) in [5, 5.41) is 22.8. The lowest BCUT2D eigenvalue weighted by Gasteiger charge is -2.46. The lowest BCUT2D eigenvalue weighted by molar-refractivity contribution is -0.163. The number of thioether (sulfide) groups is 1. The second kappa shape index (κ2) is 8.83. The number of nitrogens with zero attached hydrogens (tertiary/aromatic N) is 4. The van der Waals surface area contributed by atoms with Crippen molar-refractivity contribution >= 4 is 41.8 Å². The van der Waals surface area contributed by atoms with E-state index in [0.29, 0.717) is 24.4 Å². The van der Waals surface area contributed by atoms with Crippen molar-refractivity contribution < 1.29 is 24.6 Å². The Balaban J connectivity index is 1.43. The van der Waals surface area contributed by atoms with Crippen LogP contribution in [0.25, 0.3) is 0 Å². The van der Waals surface area contributed by atoms with Crippen molar-refractivity contribution in [3.05, 3.63) is 10.6 Å². The van der Waals surface area contributed by atoms with Gasteiger partial charge in [0.15, 0.2) is 0 Å². The van der Waals surface area contributed by atoms with Crippen molar-refractivity contribution in [1.29, 1.82) is 0 Å². The molecule has 174 valence electrons. The number of hydrogen-bond donors (Lipinski definition) is 4. The van der Waals surface area contributed by atoms with Crippen LogP contribution in [0.4, 0.5) is 0 Å². The van der Waals surface area contributed by atoms with E-state index in [1.807, 2.05) is 6.92 Å². The molecular formula is C20H28N6O5S. The fraction of sp³-hybridized carbons (Fsp3) is 0.650. The molecular weight excluding hydrogens is 436 g/mol. The van der Waals surface area contributed by atoms with Gasteiger partial charge >= 0.3 is 5.97 Å². The fourth-order valence-electron chi connectivity index (χ4n) is 4.81. The second-order valence-corrected chi connectivity index (χ2v) is 9.93. The van der Waals surface area contributed by atoms with Crippen LogP contribution in [0.2, 0.25) is 0 Å². The van der Waals surface area contributed by atoms with Crippen LogP contribution < -0.4 is 11.1 Å².